The van der Waals surface area contributed by atoms with E-state index in [1.807, 2.05) is 12.1 Å². The summed E-state index contributed by atoms with van der Waals surface area (Å²) < 4.78 is 10.5. The predicted octanol–water partition coefficient (Wildman–Crippen LogP) is 3.18. The first kappa shape index (κ1) is 16.8. The molecule has 1 aliphatic carbocycles. The highest BCUT2D eigenvalue weighted by molar-refractivity contribution is 5.85. The van der Waals surface area contributed by atoms with Crippen LogP contribution >= 0.6 is 12.4 Å². The zero-order valence-corrected chi connectivity index (χ0v) is 13.7. The topological polar surface area (TPSA) is 74.2 Å². The first-order valence-corrected chi connectivity index (χ1v) is 7.36. The molecule has 1 saturated carbocycles. The van der Waals surface area contributed by atoms with Gasteiger partial charge in [-0.05, 0) is 42.9 Å². The maximum absolute atomic E-state index is 6.21. The van der Waals surface area contributed by atoms with E-state index in [0.29, 0.717) is 17.6 Å². The number of ether oxygens (including phenoxy) is 1. The zero-order valence-electron chi connectivity index (χ0n) is 12.9. The fourth-order valence-electron chi connectivity index (χ4n) is 2.63. The third-order valence-corrected chi connectivity index (χ3v) is 4.32. The Morgan fingerprint density at radius 3 is 2.55 bits per heavy atom. The van der Waals surface area contributed by atoms with Gasteiger partial charge in [0.15, 0.2) is 5.82 Å². The Morgan fingerprint density at radius 1 is 1.32 bits per heavy atom. The van der Waals surface area contributed by atoms with Crippen molar-refractivity contribution >= 4 is 12.4 Å². The standard InChI is InChI=1S/C16H21N3O2.ClH/c1-11(12-4-6-13(20-2)7-5-12)10-14-18-15(19-21-14)16(17)8-3-9-16;/h4-7,11H,3,8-10,17H2,1-2H3;1H. The second-order valence-electron chi connectivity index (χ2n) is 5.90. The van der Waals surface area contributed by atoms with E-state index < -0.39 is 0 Å². The molecule has 0 saturated heterocycles. The lowest BCUT2D eigenvalue weighted by molar-refractivity contribution is 0.229. The van der Waals surface area contributed by atoms with Crippen molar-refractivity contribution in [2.45, 2.75) is 44.1 Å². The number of nitrogens with two attached hydrogens (primary N) is 1. The summed E-state index contributed by atoms with van der Waals surface area (Å²) in [6.07, 6.45) is 3.75. The maximum atomic E-state index is 6.21. The summed E-state index contributed by atoms with van der Waals surface area (Å²) >= 11 is 0. The molecule has 2 aromatic rings. The molecule has 0 aliphatic heterocycles. The van der Waals surface area contributed by atoms with Crippen molar-refractivity contribution in [1.29, 1.82) is 0 Å². The Bertz CT molecular complexity index is 608. The van der Waals surface area contributed by atoms with Gasteiger partial charge in [-0.1, -0.05) is 24.2 Å². The van der Waals surface area contributed by atoms with Gasteiger partial charge < -0.3 is 15.0 Å². The number of aromatic nitrogens is 2. The monoisotopic (exact) mass is 323 g/mol. The number of halogens is 1. The Morgan fingerprint density at radius 2 is 2.00 bits per heavy atom. The fourth-order valence-corrected chi connectivity index (χ4v) is 2.63. The molecule has 5 nitrogen and oxygen atoms in total. The molecule has 0 radical (unpaired) electrons. The van der Waals surface area contributed by atoms with Gasteiger partial charge in [0.2, 0.25) is 5.89 Å². The van der Waals surface area contributed by atoms with Crippen molar-refractivity contribution < 1.29 is 9.26 Å². The highest BCUT2D eigenvalue weighted by Crippen LogP contribution is 2.37. The number of rotatable bonds is 5. The summed E-state index contributed by atoms with van der Waals surface area (Å²) in [5.41, 5.74) is 7.08. The molecule has 1 heterocycles. The van der Waals surface area contributed by atoms with Crippen molar-refractivity contribution in [3.05, 3.63) is 41.5 Å². The lowest BCUT2D eigenvalue weighted by Crippen LogP contribution is -2.44. The minimum Gasteiger partial charge on any atom is -0.497 e. The Labute approximate surface area is 136 Å². The molecule has 1 aliphatic rings. The molecule has 120 valence electrons. The molecular formula is C16H22ClN3O2. The average molecular weight is 324 g/mol. The molecule has 1 atom stereocenters. The summed E-state index contributed by atoms with van der Waals surface area (Å²) in [5.74, 6) is 2.48. The van der Waals surface area contributed by atoms with E-state index in [4.69, 9.17) is 15.0 Å². The summed E-state index contributed by atoms with van der Waals surface area (Å²) in [5, 5.41) is 4.05. The van der Waals surface area contributed by atoms with E-state index in [9.17, 15) is 0 Å². The predicted molar refractivity (Wildman–Crippen MR) is 86.4 cm³/mol. The Balaban J connectivity index is 0.00000176. The molecule has 6 heteroatoms. The minimum atomic E-state index is -0.356. The van der Waals surface area contributed by atoms with Crippen LogP contribution in [0.5, 0.6) is 5.75 Å². The lowest BCUT2D eigenvalue weighted by atomic mass is 9.77. The van der Waals surface area contributed by atoms with Gasteiger partial charge in [-0.2, -0.15) is 4.98 Å². The Hall–Kier alpha value is -1.59. The van der Waals surface area contributed by atoms with Crippen LogP contribution in [0.25, 0.3) is 0 Å². The van der Waals surface area contributed by atoms with E-state index in [0.717, 1.165) is 31.4 Å². The third-order valence-electron chi connectivity index (χ3n) is 4.32. The molecule has 22 heavy (non-hydrogen) atoms. The smallest absolute Gasteiger partial charge is 0.227 e. The van der Waals surface area contributed by atoms with Gasteiger partial charge in [0.1, 0.15) is 5.75 Å². The normalized spacial score (nSPS) is 17.2. The van der Waals surface area contributed by atoms with Crippen molar-refractivity contribution in [2.75, 3.05) is 7.11 Å². The van der Waals surface area contributed by atoms with Crippen molar-refractivity contribution in [1.82, 2.24) is 10.1 Å². The maximum Gasteiger partial charge on any atom is 0.227 e. The lowest BCUT2D eigenvalue weighted by Gasteiger charge is -2.34. The van der Waals surface area contributed by atoms with Gasteiger partial charge in [0.25, 0.3) is 0 Å². The minimum absolute atomic E-state index is 0. The first-order valence-electron chi connectivity index (χ1n) is 7.36. The van der Waals surface area contributed by atoms with Crippen LogP contribution < -0.4 is 10.5 Å². The van der Waals surface area contributed by atoms with E-state index >= 15 is 0 Å². The van der Waals surface area contributed by atoms with Gasteiger partial charge in [-0.25, -0.2) is 0 Å². The van der Waals surface area contributed by atoms with E-state index in [1.54, 1.807) is 7.11 Å². The van der Waals surface area contributed by atoms with Crippen LogP contribution in [0.15, 0.2) is 28.8 Å². The van der Waals surface area contributed by atoms with Crippen molar-refractivity contribution in [3.8, 4) is 5.75 Å². The fraction of sp³-hybridized carbons (Fsp3) is 0.500. The zero-order chi connectivity index (χ0) is 14.9. The van der Waals surface area contributed by atoms with Crippen LogP contribution in [0, 0.1) is 0 Å². The third kappa shape index (κ3) is 3.25. The van der Waals surface area contributed by atoms with Crippen LogP contribution in [0.3, 0.4) is 0 Å². The molecule has 1 aromatic carbocycles. The van der Waals surface area contributed by atoms with Crippen LogP contribution in [-0.2, 0) is 12.0 Å². The van der Waals surface area contributed by atoms with Crippen LogP contribution in [0.2, 0.25) is 0 Å². The molecule has 0 amide bonds. The number of hydrogen-bond donors (Lipinski definition) is 1. The molecule has 0 bridgehead atoms. The number of methoxy groups -OCH3 is 1. The van der Waals surface area contributed by atoms with Gasteiger partial charge >= 0.3 is 0 Å². The first-order chi connectivity index (χ1) is 10.1. The molecule has 1 aromatic heterocycles. The number of hydrogen-bond acceptors (Lipinski definition) is 5. The molecule has 3 rings (SSSR count). The average Bonchev–Trinajstić information content (AvgIpc) is 2.93. The van der Waals surface area contributed by atoms with E-state index in [1.165, 1.54) is 5.56 Å². The van der Waals surface area contributed by atoms with Gasteiger partial charge in [0, 0.05) is 6.42 Å². The molecule has 2 N–H and O–H groups in total. The van der Waals surface area contributed by atoms with E-state index in [-0.39, 0.29) is 17.9 Å². The molecule has 1 unspecified atom stereocenters. The van der Waals surface area contributed by atoms with Gasteiger partial charge in [0.05, 0.1) is 12.6 Å². The largest absolute Gasteiger partial charge is 0.497 e. The van der Waals surface area contributed by atoms with Crippen LogP contribution in [0.4, 0.5) is 0 Å². The quantitative estimate of drug-likeness (QED) is 0.914. The second kappa shape index (κ2) is 6.67. The molecule has 0 spiro atoms. The molecule has 1 fully saturated rings. The Kier molecular flexibility index (Phi) is 5.08. The van der Waals surface area contributed by atoms with E-state index in [2.05, 4.69) is 29.2 Å². The molecular weight excluding hydrogens is 302 g/mol. The highest BCUT2D eigenvalue weighted by Gasteiger charge is 2.39. The number of nitrogens with zero attached hydrogens (tertiary/aromatic N) is 2. The summed E-state index contributed by atoms with van der Waals surface area (Å²) in [7, 11) is 1.67. The summed E-state index contributed by atoms with van der Waals surface area (Å²) in [6.45, 7) is 2.15. The van der Waals surface area contributed by atoms with Crippen molar-refractivity contribution in [2.24, 2.45) is 5.73 Å². The van der Waals surface area contributed by atoms with Crippen LogP contribution in [-0.4, -0.2) is 17.3 Å². The van der Waals surface area contributed by atoms with Gasteiger partial charge in [-0.3, -0.25) is 0 Å². The SMILES string of the molecule is COc1ccc(C(C)Cc2nc(C3(N)CCC3)no2)cc1.Cl. The van der Waals surface area contributed by atoms with Crippen LogP contribution in [0.1, 0.15) is 49.4 Å². The summed E-state index contributed by atoms with van der Waals surface area (Å²) in [6, 6.07) is 8.07. The second-order valence-corrected chi connectivity index (χ2v) is 5.90. The van der Waals surface area contributed by atoms with Crippen molar-refractivity contribution in [3.63, 3.8) is 0 Å². The number of benzene rings is 1. The summed E-state index contributed by atoms with van der Waals surface area (Å²) in [4.78, 5) is 4.48. The van der Waals surface area contributed by atoms with Gasteiger partial charge in [-0.15, -0.1) is 12.4 Å². The highest BCUT2D eigenvalue weighted by atomic mass is 35.5.